The van der Waals surface area contributed by atoms with Gasteiger partial charge in [-0.2, -0.15) is 0 Å². The predicted octanol–water partition coefficient (Wildman–Crippen LogP) is 4.27. The van der Waals surface area contributed by atoms with Crippen LogP contribution in [0.25, 0.3) is 0 Å². The van der Waals surface area contributed by atoms with Gasteiger partial charge in [-0.3, -0.25) is 0 Å². The van der Waals surface area contributed by atoms with Gasteiger partial charge in [0.05, 0.1) is 8.81 Å². The molecular weight excluding hydrogens is 370 g/mol. The maximum absolute atomic E-state index is 12.3. The summed E-state index contributed by atoms with van der Waals surface area (Å²) in [6, 6.07) is 1.53. The van der Waals surface area contributed by atoms with E-state index < -0.39 is 10.0 Å². The van der Waals surface area contributed by atoms with Crippen molar-refractivity contribution in [3.8, 4) is 0 Å². The summed E-state index contributed by atoms with van der Waals surface area (Å²) in [5.74, 6) is 1.13. The Morgan fingerprint density at radius 3 is 2.37 bits per heavy atom. The molecular formula is C12H17BrClNO2S2. The smallest absolute Gasteiger partial charge is 0.207 e. The summed E-state index contributed by atoms with van der Waals surface area (Å²) >= 11 is 10.3. The van der Waals surface area contributed by atoms with Crippen molar-refractivity contribution in [2.45, 2.75) is 43.4 Å². The normalized spacial score (nSPS) is 28.5. The third-order valence-corrected chi connectivity index (χ3v) is 7.86. The van der Waals surface area contributed by atoms with Gasteiger partial charge >= 0.3 is 0 Å². The van der Waals surface area contributed by atoms with Gasteiger partial charge in [-0.1, -0.05) is 25.4 Å². The average molecular weight is 387 g/mol. The predicted molar refractivity (Wildman–Crippen MR) is 83.3 cm³/mol. The lowest BCUT2D eigenvalue weighted by Gasteiger charge is -2.31. The molecule has 1 heterocycles. The first-order chi connectivity index (χ1) is 8.78. The SMILES string of the molecule is CC1CC(C)CC(NS(=O)(=O)c2cc(Cl)c(Br)s2)C1. The molecule has 0 spiro atoms. The molecule has 0 amide bonds. The van der Waals surface area contributed by atoms with Gasteiger partial charge in [-0.15, -0.1) is 11.3 Å². The van der Waals surface area contributed by atoms with Gasteiger partial charge in [0.15, 0.2) is 0 Å². The molecule has 2 atom stereocenters. The van der Waals surface area contributed by atoms with E-state index in [1.807, 2.05) is 0 Å². The Kier molecular flexibility index (Phi) is 4.99. The monoisotopic (exact) mass is 385 g/mol. The van der Waals surface area contributed by atoms with Crippen LogP contribution in [0, 0.1) is 11.8 Å². The van der Waals surface area contributed by atoms with Gasteiger partial charge in [0, 0.05) is 6.04 Å². The molecule has 108 valence electrons. The highest BCUT2D eigenvalue weighted by Crippen LogP contribution is 2.35. The zero-order valence-electron chi connectivity index (χ0n) is 10.8. The van der Waals surface area contributed by atoms with E-state index in [4.69, 9.17) is 11.6 Å². The zero-order chi connectivity index (χ0) is 14.2. The summed E-state index contributed by atoms with van der Waals surface area (Å²) < 4.78 is 28.3. The topological polar surface area (TPSA) is 46.2 Å². The highest BCUT2D eigenvalue weighted by Gasteiger charge is 2.29. The standard InChI is InChI=1S/C12H17BrClNO2S2/c1-7-3-8(2)5-9(4-7)15-19(16,17)11-6-10(14)12(13)18-11/h6-9,15H,3-5H2,1-2H3. The van der Waals surface area contributed by atoms with Crippen LogP contribution in [0.2, 0.25) is 5.02 Å². The lowest BCUT2D eigenvalue weighted by molar-refractivity contribution is 0.258. The van der Waals surface area contributed by atoms with Gasteiger partial charge in [0.1, 0.15) is 4.21 Å². The summed E-state index contributed by atoms with van der Waals surface area (Å²) in [7, 11) is -3.45. The van der Waals surface area contributed by atoms with Crippen LogP contribution in [-0.4, -0.2) is 14.5 Å². The van der Waals surface area contributed by atoms with E-state index in [0.29, 0.717) is 20.6 Å². The number of hydrogen-bond acceptors (Lipinski definition) is 3. The van der Waals surface area contributed by atoms with Crippen LogP contribution in [0.15, 0.2) is 14.1 Å². The average Bonchev–Trinajstić information content (AvgIpc) is 2.57. The molecule has 2 rings (SSSR count). The van der Waals surface area contributed by atoms with E-state index in [-0.39, 0.29) is 10.3 Å². The van der Waals surface area contributed by atoms with Crippen molar-refractivity contribution >= 4 is 48.9 Å². The second kappa shape index (κ2) is 6.02. The van der Waals surface area contributed by atoms with Gasteiger partial charge in [-0.25, -0.2) is 13.1 Å². The highest BCUT2D eigenvalue weighted by molar-refractivity contribution is 9.11. The maximum atomic E-state index is 12.3. The minimum atomic E-state index is -3.45. The van der Waals surface area contributed by atoms with Crippen molar-refractivity contribution in [3.05, 3.63) is 14.9 Å². The molecule has 1 N–H and O–H groups in total. The lowest BCUT2D eigenvalue weighted by atomic mass is 9.81. The molecule has 0 radical (unpaired) electrons. The van der Waals surface area contributed by atoms with Crippen molar-refractivity contribution in [2.75, 3.05) is 0 Å². The molecule has 1 aliphatic carbocycles. The van der Waals surface area contributed by atoms with Crippen LogP contribution in [0.4, 0.5) is 0 Å². The molecule has 0 aliphatic heterocycles. The second-order valence-corrected chi connectivity index (χ2v) is 10.1. The minimum Gasteiger partial charge on any atom is -0.207 e. The van der Waals surface area contributed by atoms with E-state index >= 15 is 0 Å². The van der Waals surface area contributed by atoms with Crippen LogP contribution >= 0.6 is 38.9 Å². The molecule has 0 aromatic carbocycles. The van der Waals surface area contributed by atoms with Crippen molar-refractivity contribution in [1.29, 1.82) is 0 Å². The number of thiophene rings is 1. The maximum Gasteiger partial charge on any atom is 0.250 e. The number of hydrogen-bond donors (Lipinski definition) is 1. The first-order valence-electron chi connectivity index (χ1n) is 6.25. The van der Waals surface area contributed by atoms with Crippen molar-refractivity contribution in [1.82, 2.24) is 4.72 Å². The number of rotatable bonds is 3. The third kappa shape index (κ3) is 3.94. The molecule has 3 nitrogen and oxygen atoms in total. The van der Waals surface area contributed by atoms with Gasteiger partial charge in [0.2, 0.25) is 10.0 Å². The molecule has 19 heavy (non-hydrogen) atoms. The fourth-order valence-electron chi connectivity index (χ4n) is 2.78. The fraction of sp³-hybridized carbons (Fsp3) is 0.667. The van der Waals surface area contributed by atoms with E-state index in [2.05, 4.69) is 34.5 Å². The largest absolute Gasteiger partial charge is 0.250 e. The first kappa shape index (κ1) is 15.8. The Hall–Kier alpha value is 0.380. The molecule has 7 heteroatoms. The third-order valence-electron chi connectivity index (χ3n) is 3.39. The first-order valence-corrected chi connectivity index (χ1v) is 9.72. The summed E-state index contributed by atoms with van der Waals surface area (Å²) in [5, 5.41) is 0.441. The molecule has 1 aliphatic rings. The van der Waals surface area contributed by atoms with Crippen LogP contribution in [-0.2, 0) is 10.0 Å². The Balaban J connectivity index is 2.13. The van der Waals surface area contributed by atoms with E-state index in [0.717, 1.165) is 24.2 Å². The van der Waals surface area contributed by atoms with Crippen LogP contribution in [0.3, 0.4) is 0 Å². The quantitative estimate of drug-likeness (QED) is 0.843. The van der Waals surface area contributed by atoms with Gasteiger partial charge in [-0.05, 0) is 53.1 Å². The van der Waals surface area contributed by atoms with Gasteiger partial charge < -0.3 is 0 Å². The molecule has 1 aromatic heterocycles. The van der Waals surface area contributed by atoms with Crippen molar-refractivity contribution in [3.63, 3.8) is 0 Å². The number of halogens is 2. The summed E-state index contributed by atoms with van der Waals surface area (Å²) in [6.07, 6.45) is 2.99. The number of sulfonamides is 1. The van der Waals surface area contributed by atoms with E-state index in [9.17, 15) is 8.42 Å². The van der Waals surface area contributed by atoms with Crippen LogP contribution < -0.4 is 4.72 Å². The Bertz CT molecular complexity index is 529. The van der Waals surface area contributed by atoms with Crippen LogP contribution in [0.1, 0.15) is 33.1 Å². The molecule has 2 unspecified atom stereocenters. The Morgan fingerprint density at radius 2 is 1.89 bits per heavy atom. The van der Waals surface area contributed by atoms with Gasteiger partial charge in [0.25, 0.3) is 0 Å². The molecule has 1 fully saturated rings. The highest BCUT2D eigenvalue weighted by atomic mass is 79.9. The fourth-order valence-corrected chi connectivity index (χ4v) is 6.46. The molecule has 0 saturated heterocycles. The summed E-state index contributed by atoms with van der Waals surface area (Å²) in [5.41, 5.74) is 0. The van der Waals surface area contributed by atoms with E-state index in [1.165, 1.54) is 12.5 Å². The summed E-state index contributed by atoms with van der Waals surface area (Å²) in [4.78, 5) is 0. The zero-order valence-corrected chi connectivity index (χ0v) is 14.8. The lowest BCUT2D eigenvalue weighted by Crippen LogP contribution is -2.39. The number of nitrogens with one attached hydrogen (secondary N) is 1. The Labute approximate surface area is 131 Å². The van der Waals surface area contributed by atoms with Crippen LogP contribution in [0.5, 0.6) is 0 Å². The molecule has 1 aromatic rings. The van der Waals surface area contributed by atoms with Crippen molar-refractivity contribution in [2.24, 2.45) is 11.8 Å². The second-order valence-electron chi connectivity index (χ2n) is 5.42. The van der Waals surface area contributed by atoms with E-state index in [1.54, 1.807) is 0 Å². The minimum absolute atomic E-state index is 0.0309. The summed E-state index contributed by atoms with van der Waals surface area (Å²) in [6.45, 7) is 4.35. The Morgan fingerprint density at radius 1 is 1.32 bits per heavy atom. The van der Waals surface area contributed by atoms with Crippen molar-refractivity contribution < 1.29 is 8.42 Å². The molecule has 0 bridgehead atoms. The molecule has 1 saturated carbocycles.